The summed E-state index contributed by atoms with van der Waals surface area (Å²) in [6.07, 6.45) is 2.39. The van der Waals surface area contributed by atoms with E-state index in [1.165, 1.54) is 18.4 Å². The van der Waals surface area contributed by atoms with Crippen LogP contribution in [0.3, 0.4) is 0 Å². The number of benzene rings is 1. The Balaban J connectivity index is 2.40. The van der Waals surface area contributed by atoms with Gasteiger partial charge >= 0.3 is 0 Å². The molecule has 3 heteroatoms. The quantitative estimate of drug-likeness (QED) is 0.878. The third kappa shape index (κ3) is 1.80. The Morgan fingerprint density at radius 3 is 2.44 bits per heavy atom. The van der Waals surface area contributed by atoms with Gasteiger partial charge < -0.3 is 10.6 Å². The molecule has 1 aliphatic carbocycles. The average Bonchev–Trinajstić information content (AvgIpc) is 2.98. The van der Waals surface area contributed by atoms with E-state index in [9.17, 15) is 0 Å². The fourth-order valence-electron chi connectivity index (χ4n) is 2.31. The molecule has 1 aliphatic rings. The van der Waals surface area contributed by atoms with Crippen molar-refractivity contribution >= 4 is 17.3 Å². The van der Waals surface area contributed by atoms with Gasteiger partial charge in [0.1, 0.15) is 0 Å². The highest BCUT2D eigenvalue weighted by Crippen LogP contribution is 2.51. The molecule has 1 saturated carbocycles. The van der Waals surface area contributed by atoms with E-state index < -0.39 is 0 Å². The third-order valence-corrected chi connectivity index (χ3v) is 3.98. The van der Waals surface area contributed by atoms with E-state index in [1.807, 2.05) is 25.1 Å². The minimum atomic E-state index is 0.204. The number of rotatable bonds is 3. The van der Waals surface area contributed by atoms with E-state index in [0.29, 0.717) is 0 Å². The SMILES string of the molecule is CC(N)C1(c2ccc(Cl)c(N(C)C)c2)CC1. The molecule has 0 heterocycles. The zero-order valence-corrected chi connectivity index (χ0v) is 10.9. The van der Waals surface area contributed by atoms with Gasteiger partial charge in [-0.25, -0.2) is 0 Å². The minimum Gasteiger partial charge on any atom is -0.376 e. The maximum Gasteiger partial charge on any atom is 0.0639 e. The summed E-state index contributed by atoms with van der Waals surface area (Å²) in [5, 5.41) is 0.800. The number of anilines is 1. The van der Waals surface area contributed by atoms with Crippen LogP contribution >= 0.6 is 11.6 Å². The zero-order chi connectivity index (χ0) is 11.9. The van der Waals surface area contributed by atoms with E-state index in [-0.39, 0.29) is 11.5 Å². The Morgan fingerprint density at radius 1 is 1.38 bits per heavy atom. The lowest BCUT2D eigenvalue weighted by Crippen LogP contribution is -2.31. The molecule has 1 fully saturated rings. The second-order valence-corrected chi connectivity index (χ2v) is 5.41. The highest BCUT2D eigenvalue weighted by Gasteiger charge is 2.47. The van der Waals surface area contributed by atoms with Crippen LogP contribution in [0.4, 0.5) is 5.69 Å². The molecular weight excluding hydrogens is 220 g/mol. The van der Waals surface area contributed by atoms with Crippen molar-refractivity contribution in [2.45, 2.75) is 31.2 Å². The maximum atomic E-state index is 6.17. The molecule has 1 aromatic rings. The zero-order valence-electron chi connectivity index (χ0n) is 10.1. The van der Waals surface area contributed by atoms with Gasteiger partial charge in [0.15, 0.2) is 0 Å². The monoisotopic (exact) mass is 238 g/mol. The number of hydrogen-bond acceptors (Lipinski definition) is 2. The van der Waals surface area contributed by atoms with Crippen molar-refractivity contribution in [1.82, 2.24) is 0 Å². The van der Waals surface area contributed by atoms with Crippen LogP contribution < -0.4 is 10.6 Å². The summed E-state index contributed by atoms with van der Waals surface area (Å²) >= 11 is 6.17. The predicted molar refractivity (Wildman–Crippen MR) is 70.3 cm³/mol. The summed E-state index contributed by atoms with van der Waals surface area (Å²) in [5.74, 6) is 0. The molecule has 0 aliphatic heterocycles. The predicted octanol–water partition coefficient (Wildman–Crippen LogP) is 2.78. The first-order valence-electron chi connectivity index (χ1n) is 5.70. The standard InChI is InChI=1S/C13H19ClN2/c1-9(15)13(6-7-13)10-4-5-11(14)12(8-10)16(2)3/h4-5,8-9H,6-7,15H2,1-3H3. The van der Waals surface area contributed by atoms with Gasteiger partial charge in [-0.15, -0.1) is 0 Å². The van der Waals surface area contributed by atoms with E-state index >= 15 is 0 Å². The molecule has 2 N–H and O–H groups in total. The topological polar surface area (TPSA) is 29.3 Å². The van der Waals surface area contributed by atoms with Crippen molar-refractivity contribution in [3.8, 4) is 0 Å². The fraction of sp³-hybridized carbons (Fsp3) is 0.538. The molecular formula is C13H19ClN2. The van der Waals surface area contributed by atoms with Crippen molar-refractivity contribution in [3.05, 3.63) is 28.8 Å². The molecule has 1 atom stereocenters. The Labute approximate surface area is 102 Å². The largest absolute Gasteiger partial charge is 0.376 e. The van der Waals surface area contributed by atoms with Gasteiger partial charge in [-0.05, 0) is 37.5 Å². The molecule has 0 radical (unpaired) electrons. The Kier molecular flexibility index (Phi) is 2.89. The van der Waals surface area contributed by atoms with E-state index in [1.54, 1.807) is 0 Å². The van der Waals surface area contributed by atoms with Crippen LogP contribution in [0.15, 0.2) is 18.2 Å². The average molecular weight is 239 g/mol. The van der Waals surface area contributed by atoms with Gasteiger partial charge in [0.05, 0.1) is 10.7 Å². The molecule has 2 nitrogen and oxygen atoms in total. The van der Waals surface area contributed by atoms with E-state index in [2.05, 4.69) is 19.1 Å². The lowest BCUT2D eigenvalue weighted by molar-refractivity contribution is 0.556. The molecule has 1 unspecified atom stereocenters. The normalized spacial score (nSPS) is 19.3. The molecule has 0 amide bonds. The highest BCUT2D eigenvalue weighted by atomic mass is 35.5. The molecule has 1 aromatic carbocycles. The van der Waals surface area contributed by atoms with Crippen molar-refractivity contribution in [2.24, 2.45) is 5.73 Å². The molecule has 2 rings (SSSR count). The van der Waals surface area contributed by atoms with Crippen LogP contribution in [0.5, 0.6) is 0 Å². The second kappa shape index (κ2) is 3.94. The van der Waals surface area contributed by atoms with Crippen LogP contribution in [0.2, 0.25) is 5.02 Å². The van der Waals surface area contributed by atoms with E-state index in [4.69, 9.17) is 17.3 Å². The summed E-state index contributed by atoms with van der Waals surface area (Å²) < 4.78 is 0. The third-order valence-electron chi connectivity index (χ3n) is 3.66. The lowest BCUT2D eigenvalue weighted by atomic mass is 9.89. The molecule has 0 saturated heterocycles. The lowest BCUT2D eigenvalue weighted by Gasteiger charge is -2.23. The number of hydrogen-bond donors (Lipinski definition) is 1. The summed E-state index contributed by atoms with van der Waals surface area (Å²) in [6.45, 7) is 2.09. The Bertz CT molecular complexity index is 395. The first kappa shape index (κ1) is 11.7. The van der Waals surface area contributed by atoms with Gasteiger partial charge in [0, 0.05) is 25.6 Å². The minimum absolute atomic E-state index is 0.204. The molecule has 0 aromatic heterocycles. The second-order valence-electron chi connectivity index (χ2n) is 5.01. The molecule has 0 bridgehead atoms. The van der Waals surface area contributed by atoms with Crippen LogP contribution in [0.25, 0.3) is 0 Å². The Hall–Kier alpha value is -0.730. The van der Waals surface area contributed by atoms with Crippen LogP contribution in [0, 0.1) is 0 Å². The van der Waals surface area contributed by atoms with Gasteiger partial charge in [0.25, 0.3) is 0 Å². The molecule has 16 heavy (non-hydrogen) atoms. The van der Waals surface area contributed by atoms with Crippen LogP contribution in [-0.2, 0) is 5.41 Å². The fourth-order valence-corrected chi connectivity index (χ4v) is 2.59. The van der Waals surface area contributed by atoms with Crippen molar-refractivity contribution in [1.29, 1.82) is 0 Å². The van der Waals surface area contributed by atoms with Gasteiger partial charge in [-0.1, -0.05) is 17.7 Å². The van der Waals surface area contributed by atoms with E-state index in [0.717, 1.165) is 10.7 Å². The first-order chi connectivity index (χ1) is 7.47. The van der Waals surface area contributed by atoms with Gasteiger partial charge in [-0.3, -0.25) is 0 Å². The summed E-state index contributed by atoms with van der Waals surface area (Å²) in [7, 11) is 4.02. The number of nitrogens with two attached hydrogens (primary N) is 1. The number of nitrogens with zero attached hydrogens (tertiary/aromatic N) is 1. The molecule has 88 valence electrons. The summed E-state index contributed by atoms with van der Waals surface area (Å²) in [5.41, 5.74) is 8.69. The highest BCUT2D eigenvalue weighted by molar-refractivity contribution is 6.33. The van der Waals surface area contributed by atoms with Gasteiger partial charge in [0.2, 0.25) is 0 Å². The summed E-state index contributed by atoms with van der Waals surface area (Å²) in [4.78, 5) is 2.04. The number of halogens is 1. The van der Waals surface area contributed by atoms with Crippen molar-refractivity contribution in [3.63, 3.8) is 0 Å². The van der Waals surface area contributed by atoms with Crippen LogP contribution in [-0.4, -0.2) is 20.1 Å². The van der Waals surface area contributed by atoms with Crippen molar-refractivity contribution in [2.75, 3.05) is 19.0 Å². The van der Waals surface area contributed by atoms with Gasteiger partial charge in [-0.2, -0.15) is 0 Å². The first-order valence-corrected chi connectivity index (χ1v) is 6.08. The van der Waals surface area contributed by atoms with Crippen LogP contribution in [0.1, 0.15) is 25.3 Å². The Morgan fingerprint density at radius 2 is 2.00 bits per heavy atom. The molecule has 0 spiro atoms. The summed E-state index contributed by atoms with van der Waals surface area (Å²) in [6, 6.07) is 6.49. The van der Waals surface area contributed by atoms with Crippen molar-refractivity contribution < 1.29 is 0 Å². The maximum absolute atomic E-state index is 6.17. The smallest absolute Gasteiger partial charge is 0.0639 e.